The third kappa shape index (κ3) is 2.29. The van der Waals surface area contributed by atoms with Crippen molar-refractivity contribution in [3.63, 3.8) is 0 Å². The lowest BCUT2D eigenvalue weighted by molar-refractivity contribution is -0.0931. The fraction of sp³-hybridized carbons (Fsp3) is 1.00. The van der Waals surface area contributed by atoms with Gasteiger partial charge in [0.2, 0.25) is 0 Å². The van der Waals surface area contributed by atoms with Crippen LogP contribution in [0.3, 0.4) is 0 Å². The Bertz CT molecular complexity index is 185. The predicted octanol–water partition coefficient (Wildman–Crippen LogP) is 2.48. The van der Waals surface area contributed by atoms with Crippen LogP contribution in [0.2, 0.25) is 0 Å². The molecule has 0 spiro atoms. The second kappa shape index (κ2) is 4.19. The van der Waals surface area contributed by atoms with E-state index in [0.29, 0.717) is 0 Å². The Morgan fingerprint density at radius 1 is 1.14 bits per heavy atom. The highest BCUT2D eigenvalue weighted by molar-refractivity contribution is 4.92. The zero-order chi connectivity index (χ0) is 10.0. The maximum atomic E-state index is 5.96. The van der Waals surface area contributed by atoms with Crippen molar-refractivity contribution in [3.05, 3.63) is 0 Å². The van der Waals surface area contributed by atoms with E-state index in [1.54, 1.807) is 0 Å². The van der Waals surface area contributed by atoms with Crippen LogP contribution >= 0.6 is 0 Å². The van der Waals surface area contributed by atoms with Gasteiger partial charge in [-0.2, -0.15) is 0 Å². The molecule has 0 aromatic carbocycles. The smallest absolute Gasteiger partial charge is 0.0692 e. The minimum atomic E-state index is 0.185. The zero-order valence-electron chi connectivity index (χ0n) is 9.51. The molecule has 1 aliphatic carbocycles. The molecule has 0 aromatic heterocycles. The van der Waals surface area contributed by atoms with Crippen molar-refractivity contribution in [2.24, 2.45) is 0 Å². The maximum absolute atomic E-state index is 5.96. The zero-order valence-corrected chi connectivity index (χ0v) is 9.51. The first-order chi connectivity index (χ1) is 6.78. The van der Waals surface area contributed by atoms with Gasteiger partial charge in [-0.1, -0.05) is 13.8 Å². The van der Waals surface area contributed by atoms with Gasteiger partial charge in [0, 0.05) is 18.7 Å². The van der Waals surface area contributed by atoms with Crippen LogP contribution in [0.1, 0.15) is 52.4 Å². The molecular weight excluding hydrogens is 174 g/mol. The van der Waals surface area contributed by atoms with Crippen molar-refractivity contribution in [2.75, 3.05) is 6.61 Å². The molecule has 2 heteroatoms. The van der Waals surface area contributed by atoms with Crippen molar-refractivity contribution in [2.45, 2.75) is 70.1 Å². The molecule has 1 N–H and O–H groups in total. The van der Waals surface area contributed by atoms with E-state index in [4.69, 9.17) is 4.74 Å². The first-order valence-corrected chi connectivity index (χ1v) is 6.18. The summed E-state index contributed by atoms with van der Waals surface area (Å²) in [7, 11) is 0. The second-order valence-corrected chi connectivity index (χ2v) is 4.87. The average Bonchev–Trinajstić information content (AvgIpc) is 3.02. The fourth-order valence-electron chi connectivity index (χ4n) is 2.50. The number of hydrogen-bond acceptors (Lipinski definition) is 2. The van der Waals surface area contributed by atoms with Gasteiger partial charge < -0.3 is 10.1 Å². The Balaban J connectivity index is 1.87. The maximum Gasteiger partial charge on any atom is 0.0692 e. The highest BCUT2D eigenvalue weighted by atomic mass is 16.5. The van der Waals surface area contributed by atoms with Crippen LogP contribution in [0.4, 0.5) is 0 Å². The molecule has 0 bridgehead atoms. The highest BCUT2D eigenvalue weighted by Gasteiger charge is 2.36. The second-order valence-electron chi connectivity index (χ2n) is 4.87. The van der Waals surface area contributed by atoms with Crippen molar-refractivity contribution >= 4 is 0 Å². The van der Waals surface area contributed by atoms with E-state index in [0.717, 1.165) is 31.5 Å². The summed E-state index contributed by atoms with van der Waals surface area (Å²) < 4.78 is 5.96. The first-order valence-electron chi connectivity index (χ1n) is 6.18. The molecular formula is C12H23NO. The summed E-state index contributed by atoms with van der Waals surface area (Å²) in [4.78, 5) is 0. The van der Waals surface area contributed by atoms with Gasteiger partial charge in [0.25, 0.3) is 0 Å². The fourth-order valence-corrected chi connectivity index (χ4v) is 2.50. The minimum Gasteiger partial charge on any atom is -0.375 e. The monoisotopic (exact) mass is 197 g/mol. The Hall–Kier alpha value is -0.0800. The van der Waals surface area contributed by atoms with Crippen molar-refractivity contribution in [1.82, 2.24) is 5.32 Å². The predicted molar refractivity (Wildman–Crippen MR) is 58.4 cm³/mol. The van der Waals surface area contributed by atoms with Gasteiger partial charge in [0.1, 0.15) is 0 Å². The number of hydrogen-bond donors (Lipinski definition) is 1. The minimum absolute atomic E-state index is 0.185. The van der Waals surface area contributed by atoms with Crippen LogP contribution in [0, 0.1) is 0 Å². The molecule has 1 unspecified atom stereocenters. The molecule has 2 nitrogen and oxygen atoms in total. The van der Waals surface area contributed by atoms with Gasteiger partial charge in [-0.05, 0) is 38.5 Å². The Kier molecular flexibility index (Phi) is 3.13. The van der Waals surface area contributed by atoms with Gasteiger partial charge in [0.15, 0.2) is 0 Å². The van der Waals surface area contributed by atoms with Gasteiger partial charge in [0.05, 0.1) is 5.60 Å². The van der Waals surface area contributed by atoms with E-state index in [9.17, 15) is 0 Å². The molecule has 1 aliphatic heterocycles. The van der Waals surface area contributed by atoms with Crippen LogP contribution in [0.25, 0.3) is 0 Å². The molecule has 0 aromatic rings. The average molecular weight is 197 g/mol. The van der Waals surface area contributed by atoms with Crippen molar-refractivity contribution in [3.8, 4) is 0 Å². The first kappa shape index (κ1) is 10.4. The Labute approximate surface area is 87.4 Å². The lowest BCUT2D eigenvalue weighted by Crippen LogP contribution is -2.47. The molecule has 2 aliphatic rings. The van der Waals surface area contributed by atoms with E-state index in [-0.39, 0.29) is 5.60 Å². The van der Waals surface area contributed by atoms with Gasteiger partial charge in [-0.25, -0.2) is 0 Å². The van der Waals surface area contributed by atoms with Crippen molar-refractivity contribution in [1.29, 1.82) is 0 Å². The third-order valence-electron chi connectivity index (χ3n) is 3.83. The summed E-state index contributed by atoms with van der Waals surface area (Å²) in [5.41, 5.74) is 0.185. The number of rotatable bonds is 4. The molecule has 1 saturated carbocycles. The molecule has 2 fully saturated rings. The van der Waals surface area contributed by atoms with E-state index in [2.05, 4.69) is 19.2 Å². The lowest BCUT2D eigenvalue weighted by atomic mass is 9.86. The highest BCUT2D eigenvalue weighted by Crippen LogP contribution is 2.32. The molecule has 2 rings (SSSR count). The van der Waals surface area contributed by atoms with Gasteiger partial charge in [-0.15, -0.1) is 0 Å². The summed E-state index contributed by atoms with van der Waals surface area (Å²) in [5, 5.41) is 3.74. The molecule has 1 heterocycles. The number of ether oxygens (including phenoxy) is 1. The standard InChI is InChI=1S/C12H23NO/c1-3-12(4-2)9-11(7-8-14-12)13-10-5-6-10/h10-11,13H,3-9H2,1-2H3. The normalized spacial score (nSPS) is 31.7. The quantitative estimate of drug-likeness (QED) is 0.747. The summed E-state index contributed by atoms with van der Waals surface area (Å²) >= 11 is 0. The SMILES string of the molecule is CCC1(CC)CC(NC2CC2)CCO1. The third-order valence-corrected chi connectivity index (χ3v) is 3.83. The van der Waals surface area contributed by atoms with Crippen LogP contribution in [0.5, 0.6) is 0 Å². The van der Waals surface area contributed by atoms with Gasteiger partial charge in [-0.3, -0.25) is 0 Å². The van der Waals surface area contributed by atoms with Crippen molar-refractivity contribution < 1.29 is 4.74 Å². The molecule has 82 valence electrons. The molecule has 0 radical (unpaired) electrons. The molecule has 14 heavy (non-hydrogen) atoms. The van der Waals surface area contributed by atoms with Crippen LogP contribution in [-0.4, -0.2) is 24.3 Å². The molecule has 1 atom stereocenters. The summed E-state index contributed by atoms with van der Waals surface area (Å²) in [5.74, 6) is 0. The molecule has 1 saturated heterocycles. The summed E-state index contributed by atoms with van der Waals surface area (Å²) in [6, 6.07) is 1.56. The summed E-state index contributed by atoms with van der Waals surface area (Å²) in [6.45, 7) is 5.46. The van der Waals surface area contributed by atoms with E-state index in [1.807, 2.05) is 0 Å². The van der Waals surface area contributed by atoms with Crippen LogP contribution < -0.4 is 5.32 Å². The lowest BCUT2D eigenvalue weighted by Gasteiger charge is -2.40. The largest absolute Gasteiger partial charge is 0.375 e. The molecule has 0 amide bonds. The topological polar surface area (TPSA) is 21.3 Å². The van der Waals surface area contributed by atoms with E-state index < -0.39 is 0 Å². The van der Waals surface area contributed by atoms with E-state index in [1.165, 1.54) is 25.7 Å². The van der Waals surface area contributed by atoms with Crippen LogP contribution in [-0.2, 0) is 4.74 Å². The Morgan fingerprint density at radius 2 is 1.86 bits per heavy atom. The Morgan fingerprint density at radius 3 is 2.43 bits per heavy atom. The van der Waals surface area contributed by atoms with Crippen LogP contribution in [0.15, 0.2) is 0 Å². The summed E-state index contributed by atoms with van der Waals surface area (Å²) in [6.07, 6.45) is 7.53. The number of nitrogens with one attached hydrogen (secondary N) is 1. The van der Waals surface area contributed by atoms with Gasteiger partial charge >= 0.3 is 0 Å². The van der Waals surface area contributed by atoms with E-state index >= 15 is 0 Å².